The van der Waals surface area contributed by atoms with E-state index in [0.717, 1.165) is 5.39 Å². The molecule has 1 amide bonds. The zero-order chi connectivity index (χ0) is 27.3. The van der Waals surface area contributed by atoms with Gasteiger partial charge in [0.2, 0.25) is 5.91 Å². The zero-order valence-electron chi connectivity index (χ0n) is 21.3. The molecule has 0 unspecified atom stereocenters. The predicted molar refractivity (Wildman–Crippen MR) is 142 cm³/mol. The molecule has 1 aromatic heterocycles. The minimum absolute atomic E-state index is 0.0313. The molecule has 2 heterocycles. The summed E-state index contributed by atoms with van der Waals surface area (Å²) in [5.74, 6) is -1.29. The number of halogens is 2. The van der Waals surface area contributed by atoms with Gasteiger partial charge in [-0.2, -0.15) is 0 Å². The number of carbonyl (C=O) groups excluding carboxylic acids is 1. The van der Waals surface area contributed by atoms with E-state index in [2.05, 4.69) is 9.71 Å². The highest BCUT2D eigenvalue weighted by molar-refractivity contribution is 7.89. The molecule has 7 nitrogen and oxygen atoms in total. The Balaban J connectivity index is 1.40. The molecule has 3 aromatic rings. The van der Waals surface area contributed by atoms with E-state index in [1.165, 1.54) is 24.3 Å². The highest BCUT2D eigenvalue weighted by Crippen LogP contribution is 2.21. The van der Waals surface area contributed by atoms with Crippen molar-refractivity contribution in [1.29, 1.82) is 0 Å². The van der Waals surface area contributed by atoms with Crippen LogP contribution in [0.4, 0.5) is 8.78 Å². The fourth-order valence-corrected chi connectivity index (χ4v) is 5.66. The Labute approximate surface area is 221 Å². The topological polar surface area (TPSA) is 82.6 Å². The average Bonchev–Trinajstić information content (AvgIpc) is 2.91. The van der Waals surface area contributed by atoms with Gasteiger partial charge in [-0.15, -0.1) is 0 Å². The lowest BCUT2D eigenvalue weighted by molar-refractivity contribution is -0.129. The number of nitrogens with one attached hydrogen (secondary N) is 1. The number of nitrogens with zero attached hydrogens (tertiary/aromatic N) is 3. The van der Waals surface area contributed by atoms with Crippen molar-refractivity contribution in [2.75, 3.05) is 26.2 Å². The number of amides is 1. The van der Waals surface area contributed by atoms with E-state index in [1.807, 2.05) is 11.8 Å². The normalized spacial score (nSPS) is 15.6. The molecule has 0 atom stereocenters. The molecule has 1 aliphatic heterocycles. The average molecular weight is 541 g/mol. The third kappa shape index (κ3) is 6.25. The van der Waals surface area contributed by atoms with Crippen molar-refractivity contribution in [3.8, 4) is 0 Å². The van der Waals surface area contributed by atoms with Crippen molar-refractivity contribution in [1.82, 2.24) is 19.5 Å². The molecule has 4 rings (SSSR count). The SMILES string of the molecule is CC/C(=C\C=C(/C)NS(=O)(=O)c1cccc2cccnc12)C(=O)N1CCN(Cc2c(F)cccc2F)CC1. The zero-order valence-corrected chi connectivity index (χ0v) is 22.1. The van der Waals surface area contributed by atoms with Gasteiger partial charge in [-0.25, -0.2) is 17.2 Å². The molecule has 2 aromatic carbocycles. The van der Waals surface area contributed by atoms with Crippen molar-refractivity contribution in [3.63, 3.8) is 0 Å². The van der Waals surface area contributed by atoms with Crippen molar-refractivity contribution in [2.45, 2.75) is 31.7 Å². The van der Waals surface area contributed by atoms with E-state index >= 15 is 0 Å². The molecular formula is C28H30F2N4O3S. The molecule has 1 N–H and O–H groups in total. The maximum atomic E-state index is 14.0. The number of aromatic nitrogens is 1. The lowest BCUT2D eigenvalue weighted by atomic mass is 10.1. The minimum Gasteiger partial charge on any atom is -0.336 e. The number of fused-ring (bicyclic) bond motifs is 1. The van der Waals surface area contributed by atoms with Gasteiger partial charge in [0.25, 0.3) is 10.0 Å². The monoisotopic (exact) mass is 540 g/mol. The van der Waals surface area contributed by atoms with Gasteiger partial charge in [-0.05, 0) is 43.7 Å². The molecule has 0 radical (unpaired) electrons. The quantitative estimate of drug-likeness (QED) is 0.339. The lowest BCUT2D eigenvalue weighted by Gasteiger charge is -2.35. The largest absolute Gasteiger partial charge is 0.336 e. The van der Waals surface area contributed by atoms with Gasteiger partial charge in [0.15, 0.2) is 0 Å². The number of rotatable bonds is 8. The molecule has 1 saturated heterocycles. The van der Waals surface area contributed by atoms with Crippen LogP contribution < -0.4 is 4.72 Å². The maximum Gasteiger partial charge on any atom is 0.263 e. The summed E-state index contributed by atoms with van der Waals surface area (Å²) >= 11 is 0. The molecular weight excluding hydrogens is 510 g/mol. The molecule has 0 spiro atoms. The molecule has 200 valence electrons. The highest BCUT2D eigenvalue weighted by Gasteiger charge is 2.24. The fraction of sp³-hybridized carbons (Fsp3) is 0.286. The minimum atomic E-state index is -3.88. The van der Waals surface area contributed by atoms with Crippen LogP contribution in [0.5, 0.6) is 0 Å². The summed E-state index contributed by atoms with van der Waals surface area (Å²) in [4.78, 5) is 21.0. The van der Waals surface area contributed by atoms with E-state index in [1.54, 1.807) is 54.4 Å². The van der Waals surface area contributed by atoms with Crippen LogP contribution in [0.15, 0.2) is 83.0 Å². The Morgan fingerprint density at radius 1 is 1.00 bits per heavy atom. The summed E-state index contributed by atoms with van der Waals surface area (Å²) in [6.07, 6.45) is 5.21. The van der Waals surface area contributed by atoms with Crippen LogP contribution in [0.2, 0.25) is 0 Å². The molecule has 38 heavy (non-hydrogen) atoms. The number of benzene rings is 2. The van der Waals surface area contributed by atoms with Crippen LogP contribution in [0.25, 0.3) is 10.9 Å². The third-order valence-electron chi connectivity index (χ3n) is 6.47. The first-order valence-corrected chi connectivity index (χ1v) is 13.9. The second kappa shape index (κ2) is 11.8. The number of carbonyl (C=O) groups is 1. The first kappa shape index (κ1) is 27.4. The summed E-state index contributed by atoms with van der Waals surface area (Å²) in [5.41, 5.74) is 1.30. The lowest BCUT2D eigenvalue weighted by Crippen LogP contribution is -2.48. The summed E-state index contributed by atoms with van der Waals surface area (Å²) in [5, 5.41) is 0.718. The van der Waals surface area contributed by atoms with Crippen LogP contribution in [0.1, 0.15) is 25.8 Å². The van der Waals surface area contributed by atoms with Crippen molar-refractivity contribution in [2.24, 2.45) is 0 Å². The number of pyridine rings is 1. The van der Waals surface area contributed by atoms with Gasteiger partial charge in [0.05, 0.1) is 5.52 Å². The number of para-hydroxylation sites is 1. The van der Waals surface area contributed by atoms with Crippen LogP contribution in [-0.4, -0.2) is 55.3 Å². The molecule has 0 aliphatic carbocycles. The summed E-state index contributed by atoms with van der Waals surface area (Å²) < 4.78 is 56.6. The summed E-state index contributed by atoms with van der Waals surface area (Å²) in [6.45, 7) is 5.45. The number of hydrogen-bond donors (Lipinski definition) is 1. The van der Waals surface area contributed by atoms with E-state index in [0.29, 0.717) is 49.4 Å². The van der Waals surface area contributed by atoms with Gasteiger partial charge in [-0.3, -0.25) is 19.4 Å². The Bertz CT molecular complexity index is 1470. The second-order valence-corrected chi connectivity index (χ2v) is 10.8. The number of allylic oxidation sites excluding steroid dienone is 3. The standard InChI is InChI=1S/C28H30F2N4O3S/c1-3-21(28(35)34-17-15-33(16-18-34)19-23-24(29)9-5-10-25(23)30)13-12-20(2)32-38(36,37)26-11-4-7-22-8-6-14-31-27(22)26/h4-14,32H,3,15-19H2,1-2H3/b20-12+,21-13+. The first-order chi connectivity index (χ1) is 18.2. The Hall–Kier alpha value is -3.63. The van der Waals surface area contributed by atoms with E-state index < -0.39 is 21.7 Å². The van der Waals surface area contributed by atoms with E-state index in [9.17, 15) is 22.0 Å². The Morgan fingerprint density at radius 2 is 1.66 bits per heavy atom. The third-order valence-corrected chi connectivity index (χ3v) is 7.97. The predicted octanol–water partition coefficient (Wildman–Crippen LogP) is 4.38. The van der Waals surface area contributed by atoms with E-state index in [4.69, 9.17) is 0 Å². The Kier molecular flexibility index (Phi) is 8.53. The number of sulfonamides is 1. The van der Waals surface area contributed by atoms with Crippen molar-refractivity contribution in [3.05, 3.63) is 95.3 Å². The summed E-state index contributed by atoms with van der Waals surface area (Å²) in [6, 6.07) is 12.3. The van der Waals surface area contributed by atoms with Gasteiger partial charge >= 0.3 is 0 Å². The molecule has 0 saturated carbocycles. The highest BCUT2D eigenvalue weighted by atomic mass is 32.2. The van der Waals surface area contributed by atoms with Crippen LogP contribution in [0, 0.1) is 11.6 Å². The second-order valence-electron chi connectivity index (χ2n) is 9.10. The number of hydrogen-bond acceptors (Lipinski definition) is 5. The van der Waals surface area contributed by atoms with Gasteiger partial charge < -0.3 is 4.90 Å². The summed E-state index contributed by atoms with van der Waals surface area (Å²) in [7, 11) is -3.88. The Morgan fingerprint density at radius 3 is 2.34 bits per heavy atom. The smallest absolute Gasteiger partial charge is 0.263 e. The van der Waals surface area contributed by atoms with Gasteiger partial charge in [-0.1, -0.05) is 37.3 Å². The molecule has 1 aliphatic rings. The van der Waals surface area contributed by atoms with Gasteiger partial charge in [0.1, 0.15) is 16.5 Å². The van der Waals surface area contributed by atoms with Crippen molar-refractivity contribution >= 4 is 26.8 Å². The van der Waals surface area contributed by atoms with E-state index in [-0.39, 0.29) is 22.9 Å². The maximum absolute atomic E-state index is 14.0. The first-order valence-electron chi connectivity index (χ1n) is 12.4. The van der Waals surface area contributed by atoms with Crippen LogP contribution in [0.3, 0.4) is 0 Å². The molecule has 0 bridgehead atoms. The molecule has 1 fully saturated rings. The number of piperazine rings is 1. The van der Waals surface area contributed by atoms with Crippen LogP contribution in [-0.2, 0) is 21.4 Å². The molecule has 10 heteroatoms. The van der Waals surface area contributed by atoms with Gasteiger partial charge in [0, 0.05) is 61.1 Å². The fourth-order valence-electron chi connectivity index (χ4n) is 4.38. The van der Waals surface area contributed by atoms with Crippen molar-refractivity contribution < 1.29 is 22.0 Å². The van der Waals surface area contributed by atoms with Crippen LogP contribution >= 0.6 is 0 Å².